The van der Waals surface area contributed by atoms with Crippen LogP contribution in [0.1, 0.15) is 30.1 Å². The Hall–Kier alpha value is -1.51. The first-order chi connectivity index (χ1) is 13.3. The maximum atomic E-state index is 13.1. The van der Waals surface area contributed by atoms with Crippen LogP contribution in [-0.2, 0) is 10.0 Å². The average Bonchev–Trinajstić information content (AvgIpc) is 2.69. The topological polar surface area (TPSA) is 66.5 Å². The van der Waals surface area contributed by atoms with Crippen molar-refractivity contribution in [2.45, 2.75) is 29.6 Å². The van der Waals surface area contributed by atoms with Gasteiger partial charge in [-0.05, 0) is 67.5 Å². The number of likely N-dealkylation sites (tertiary alicyclic amines) is 1. The van der Waals surface area contributed by atoms with Crippen LogP contribution in [0.5, 0.6) is 0 Å². The first kappa shape index (κ1) is 21.2. The van der Waals surface area contributed by atoms with Gasteiger partial charge in [-0.3, -0.25) is 9.52 Å². The molecule has 2 aromatic carbocycles. The van der Waals surface area contributed by atoms with Gasteiger partial charge in [0.05, 0.1) is 10.5 Å². The number of nitrogens with one attached hydrogen (secondary N) is 1. The molecule has 1 aliphatic rings. The number of anilines is 1. The molecule has 1 heterocycles. The van der Waals surface area contributed by atoms with E-state index in [1.54, 1.807) is 36.4 Å². The second-order valence-electron chi connectivity index (χ2n) is 6.95. The smallest absolute Gasteiger partial charge is 0.261 e. The molecule has 1 amide bonds. The third kappa shape index (κ3) is 4.90. The molecule has 0 bridgehead atoms. The van der Waals surface area contributed by atoms with Gasteiger partial charge in [0.15, 0.2) is 0 Å². The van der Waals surface area contributed by atoms with Gasteiger partial charge in [0.2, 0.25) is 0 Å². The zero-order chi connectivity index (χ0) is 20.3. The summed E-state index contributed by atoms with van der Waals surface area (Å²) in [4.78, 5) is 15.7. The number of rotatable bonds is 5. The van der Waals surface area contributed by atoms with Crippen molar-refractivity contribution in [2.75, 3.05) is 24.1 Å². The van der Waals surface area contributed by atoms with Gasteiger partial charge in [-0.2, -0.15) is 0 Å². The van der Waals surface area contributed by atoms with Crippen LogP contribution in [0.15, 0.2) is 56.7 Å². The zero-order valence-electron chi connectivity index (χ0n) is 15.8. The summed E-state index contributed by atoms with van der Waals surface area (Å²) in [5.41, 5.74) is 0.913. The lowest BCUT2D eigenvalue weighted by molar-refractivity contribution is 0.0693. The first-order valence-corrected chi connectivity index (χ1v) is 12.6. The third-order valence-electron chi connectivity index (χ3n) is 4.88. The number of benzene rings is 2. The predicted molar refractivity (Wildman–Crippen MR) is 117 cm³/mol. The number of halogens is 1. The molecular weight excluding hydrogens is 460 g/mol. The lowest BCUT2D eigenvalue weighted by atomic mass is 9.98. The minimum atomic E-state index is -3.79. The van der Waals surface area contributed by atoms with Crippen molar-refractivity contribution in [3.63, 3.8) is 0 Å². The summed E-state index contributed by atoms with van der Waals surface area (Å²) in [6, 6.07) is 11.6. The maximum Gasteiger partial charge on any atom is 0.261 e. The minimum absolute atomic E-state index is 0.0851. The Morgan fingerprint density at radius 3 is 2.39 bits per heavy atom. The van der Waals surface area contributed by atoms with Crippen LogP contribution < -0.4 is 4.72 Å². The van der Waals surface area contributed by atoms with Crippen molar-refractivity contribution >= 4 is 49.3 Å². The quantitative estimate of drug-likeness (QED) is 0.618. The molecule has 1 saturated heterocycles. The van der Waals surface area contributed by atoms with Gasteiger partial charge in [-0.1, -0.05) is 22.9 Å². The number of carbonyl (C=O) groups excluding carboxylic acids is 1. The predicted octanol–water partition coefficient (Wildman–Crippen LogP) is 4.84. The molecule has 0 radical (unpaired) electrons. The van der Waals surface area contributed by atoms with E-state index in [-0.39, 0.29) is 10.8 Å². The van der Waals surface area contributed by atoms with Crippen molar-refractivity contribution in [1.29, 1.82) is 0 Å². The van der Waals surface area contributed by atoms with Crippen LogP contribution in [0.2, 0.25) is 0 Å². The van der Waals surface area contributed by atoms with Gasteiger partial charge in [0.25, 0.3) is 15.9 Å². The van der Waals surface area contributed by atoms with Gasteiger partial charge < -0.3 is 4.90 Å². The third-order valence-corrected chi connectivity index (χ3v) is 7.58. The zero-order valence-corrected chi connectivity index (χ0v) is 19.0. The largest absolute Gasteiger partial charge is 0.339 e. The number of hydrogen-bond donors (Lipinski definition) is 1. The molecule has 2 aromatic rings. The maximum absolute atomic E-state index is 13.1. The Kier molecular flexibility index (Phi) is 6.73. The fraction of sp³-hybridized carbons (Fsp3) is 0.350. The van der Waals surface area contributed by atoms with Crippen molar-refractivity contribution in [2.24, 2.45) is 5.92 Å². The second-order valence-corrected chi connectivity index (χ2v) is 10.4. The molecular formula is C20H23BrN2O3S2. The van der Waals surface area contributed by atoms with Crippen LogP contribution in [-0.4, -0.2) is 38.6 Å². The first-order valence-electron chi connectivity index (χ1n) is 9.06. The highest BCUT2D eigenvalue weighted by Crippen LogP contribution is 2.28. The van der Waals surface area contributed by atoms with Gasteiger partial charge in [0.1, 0.15) is 0 Å². The molecule has 8 heteroatoms. The minimum Gasteiger partial charge on any atom is -0.339 e. The van der Waals surface area contributed by atoms with Crippen molar-refractivity contribution in [3.8, 4) is 0 Å². The fourth-order valence-corrected chi connectivity index (χ4v) is 5.05. The lowest BCUT2D eigenvalue weighted by Gasteiger charge is -2.30. The summed E-state index contributed by atoms with van der Waals surface area (Å²) in [6.07, 6.45) is 3.84. The molecule has 150 valence electrons. The number of thioether (sulfide) groups is 1. The van der Waals surface area contributed by atoms with E-state index in [1.165, 1.54) is 17.8 Å². The Labute approximate surface area is 179 Å². The molecule has 1 N–H and O–H groups in total. The monoisotopic (exact) mass is 482 g/mol. The van der Waals surface area contributed by atoms with Gasteiger partial charge >= 0.3 is 0 Å². The Bertz CT molecular complexity index is 954. The highest BCUT2D eigenvalue weighted by atomic mass is 79.9. The summed E-state index contributed by atoms with van der Waals surface area (Å²) in [5.74, 6) is 0.517. The molecule has 28 heavy (non-hydrogen) atoms. The molecule has 0 saturated carbocycles. The number of hydrogen-bond acceptors (Lipinski definition) is 4. The number of amides is 1. The van der Waals surface area contributed by atoms with Crippen LogP contribution in [0.3, 0.4) is 0 Å². The molecule has 0 spiro atoms. The van der Waals surface area contributed by atoms with Crippen molar-refractivity contribution < 1.29 is 13.2 Å². The van der Waals surface area contributed by atoms with E-state index in [0.29, 0.717) is 30.3 Å². The molecule has 0 unspecified atom stereocenters. The highest BCUT2D eigenvalue weighted by molar-refractivity contribution is 9.10. The molecule has 1 fully saturated rings. The normalized spacial score (nSPS) is 15.5. The van der Waals surface area contributed by atoms with E-state index >= 15 is 0 Å². The van der Waals surface area contributed by atoms with E-state index in [9.17, 15) is 13.2 Å². The summed E-state index contributed by atoms with van der Waals surface area (Å²) >= 11 is 4.78. The van der Waals surface area contributed by atoms with E-state index < -0.39 is 10.0 Å². The molecule has 5 nitrogen and oxygen atoms in total. The van der Waals surface area contributed by atoms with Crippen LogP contribution >= 0.6 is 27.7 Å². The number of sulfonamides is 1. The SMILES string of the molecule is CSc1ccc(S(=O)(=O)Nc2ccc(Br)cc2)cc1C(=O)N1CCC(C)CC1. The van der Waals surface area contributed by atoms with E-state index in [1.807, 2.05) is 11.2 Å². The Morgan fingerprint density at radius 1 is 1.14 bits per heavy atom. The molecule has 1 aliphatic heterocycles. The number of piperidine rings is 1. The molecule has 0 aliphatic carbocycles. The summed E-state index contributed by atoms with van der Waals surface area (Å²) in [7, 11) is -3.79. The summed E-state index contributed by atoms with van der Waals surface area (Å²) in [5, 5.41) is 0. The second kappa shape index (κ2) is 8.88. The van der Waals surface area contributed by atoms with Gasteiger partial charge in [-0.25, -0.2) is 8.42 Å². The molecule has 0 atom stereocenters. The standard InChI is InChI=1S/C20H23BrN2O3S2/c1-14-9-11-23(12-10-14)20(24)18-13-17(7-8-19(18)27-2)28(25,26)22-16-5-3-15(21)4-6-16/h3-8,13-14,22H,9-12H2,1-2H3. The van der Waals surface area contributed by atoms with E-state index in [0.717, 1.165) is 22.2 Å². The van der Waals surface area contributed by atoms with Crippen LogP contribution in [0.4, 0.5) is 5.69 Å². The summed E-state index contributed by atoms with van der Waals surface area (Å²) in [6.45, 7) is 3.61. The van der Waals surface area contributed by atoms with Crippen LogP contribution in [0.25, 0.3) is 0 Å². The number of carbonyl (C=O) groups is 1. The van der Waals surface area contributed by atoms with E-state index in [2.05, 4.69) is 27.6 Å². The molecule has 3 rings (SSSR count). The van der Waals surface area contributed by atoms with Gasteiger partial charge in [-0.15, -0.1) is 11.8 Å². The van der Waals surface area contributed by atoms with Crippen molar-refractivity contribution in [1.82, 2.24) is 4.90 Å². The number of nitrogens with zero attached hydrogens (tertiary/aromatic N) is 1. The fourth-order valence-electron chi connectivity index (χ4n) is 3.14. The highest BCUT2D eigenvalue weighted by Gasteiger charge is 2.25. The van der Waals surface area contributed by atoms with Gasteiger partial charge in [0, 0.05) is 28.1 Å². The Morgan fingerprint density at radius 2 is 1.79 bits per heavy atom. The summed E-state index contributed by atoms with van der Waals surface area (Å²) < 4.78 is 29.1. The average molecular weight is 483 g/mol. The Balaban J connectivity index is 1.89. The van der Waals surface area contributed by atoms with Crippen LogP contribution in [0, 0.1) is 5.92 Å². The van der Waals surface area contributed by atoms with Crippen molar-refractivity contribution in [3.05, 3.63) is 52.5 Å². The van der Waals surface area contributed by atoms with E-state index in [4.69, 9.17) is 0 Å². The molecule has 0 aromatic heterocycles. The lowest BCUT2D eigenvalue weighted by Crippen LogP contribution is -2.38.